The molecule has 0 aliphatic rings. The highest BCUT2D eigenvalue weighted by Crippen LogP contribution is 2.17. The zero-order chi connectivity index (χ0) is 14.3. The second-order valence-corrected chi connectivity index (χ2v) is 6.04. The van der Waals surface area contributed by atoms with Gasteiger partial charge in [0.1, 0.15) is 4.47 Å². The monoisotopic (exact) mass is 349 g/mol. The van der Waals surface area contributed by atoms with Gasteiger partial charge in [-0.05, 0) is 33.9 Å². The minimum atomic E-state index is -0.139. The van der Waals surface area contributed by atoms with Crippen molar-refractivity contribution in [3.8, 4) is 0 Å². The summed E-state index contributed by atoms with van der Waals surface area (Å²) in [7, 11) is 1.60. The fourth-order valence-corrected chi connectivity index (χ4v) is 2.69. The molecule has 1 N–H and O–H groups in total. The molecule has 0 amide bonds. The standard InChI is InChI=1S/C12H20BrN3O2S/c1-9(8-19-3)6-14-10-7-15-16(4-5-18-2)12(17)11(10)13/h7,9,14H,4-6,8H2,1-3H3. The molecule has 0 saturated heterocycles. The van der Waals surface area contributed by atoms with Gasteiger partial charge in [0.25, 0.3) is 5.56 Å². The number of nitrogens with zero attached hydrogens (tertiary/aromatic N) is 2. The number of rotatable bonds is 8. The van der Waals surface area contributed by atoms with E-state index in [9.17, 15) is 4.79 Å². The topological polar surface area (TPSA) is 56.1 Å². The van der Waals surface area contributed by atoms with E-state index in [1.54, 1.807) is 13.3 Å². The van der Waals surface area contributed by atoms with Gasteiger partial charge in [0.05, 0.1) is 25.0 Å². The van der Waals surface area contributed by atoms with Crippen LogP contribution in [0.1, 0.15) is 6.92 Å². The molecule has 1 unspecified atom stereocenters. The molecule has 0 fully saturated rings. The van der Waals surface area contributed by atoms with Gasteiger partial charge in [0, 0.05) is 13.7 Å². The van der Waals surface area contributed by atoms with Crippen LogP contribution in [0.4, 0.5) is 5.69 Å². The summed E-state index contributed by atoms with van der Waals surface area (Å²) in [5.74, 6) is 1.63. The molecule has 19 heavy (non-hydrogen) atoms. The lowest BCUT2D eigenvalue weighted by molar-refractivity contribution is 0.181. The van der Waals surface area contributed by atoms with Gasteiger partial charge in [-0.2, -0.15) is 16.9 Å². The minimum absolute atomic E-state index is 0.139. The van der Waals surface area contributed by atoms with Crippen molar-refractivity contribution in [2.24, 2.45) is 5.92 Å². The van der Waals surface area contributed by atoms with Crippen molar-refractivity contribution >= 4 is 33.4 Å². The third-order valence-electron chi connectivity index (χ3n) is 2.58. The van der Waals surface area contributed by atoms with Crippen molar-refractivity contribution in [1.29, 1.82) is 0 Å². The van der Waals surface area contributed by atoms with Crippen LogP contribution in [0.25, 0.3) is 0 Å². The molecule has 1 aromatic heterocycles. The first-order chi connectivity index (χ1) is 9.10. The summed E-state index contributed by atoms with van der Waals surface area (Å²) in [4.78, 5) is 12.0. The van der Waals surface area contributed by atoms with Crippen LogP contribution in [-0.2, 0) is 11.3 Å². The molecule has 0 aromatic carbocycles. The Morgan fingerprint density at radius 1 is 1.63 bits per heavy atom. The fourth-order valence-electron chi connectivity index (χ4n) is 1.55. The second-order valence-electron chi connectivity index (χ2n) is 4.33. The number of thioether (sulfide) groups is 1. The van der Waals surface area contributed by atoms with Gasteiger partial charge in [-0.25, -0.2) is 4.68 Å². The first-order valence-electron chi connectivity index (χ1n) is 6.07. The van der Waals surface area contributed by atoms with E-state index in [0.717, 1.165) is 18.0 Å². The van der Waals surface area contributed by atoms with Gasteiger partial charge in [0.15, 0.2) is 0 Å². The lowest BCUT2D eigenvalue weighted by Gasteiger charge is -2.14. The van der Waals surface area contributed by atoms with E-state index in [4.69, 9.17) is 4.74 Å². The SMILES string of the molecule is COCCn1ncc(NCC(C)CSC)c(Br)c1=O. The average Bonchev–Trinajstić information content (AvgIpc) is 2.40. The van der Waals surface area contributed by atoms with Gasteiger partial charge in [-0.3, -0.25) is 4.79 Å². The average molecular weight is 350 g/mol. The molecule has 5 nitrogen and oxygen atoms in total. The Morgan fingerprint density at radius 3 is 3.00 bits per heavy atom. The number of hydrogen-bond acceptors (Lipinski definition) is 5. The summed E-state index contributed by atoms with van der Waals surface area (Å²) < 4.78 is 6.86. The van der Waals surface area contributed by atoms with Crippen molar-refractivity contribution in [2.75, 3.05) is 37.6 Å². The predicted molar refractivity (Wildman–Crippen MR) is 84.1 cm³/mol. The molecule has 0 aliphatic heterocycles. The molecule has 108 valence electrons. The van der Waals surface area contributed by atoms with Crippen LogP contribution >= 0.6 is 27.7 Å². The zero-order valence-corrected chi connectivity index (χ0v) is 13.9. The Bertz CT molecular complexity index is 453. The van der Waals surface area contributed by atoms with E-state index in [1.807, 2.05) is 11.8 Å². The van der Waals surface area contributed by atoms with Crippen molar-refractivity contribution in [3.05, 3.63) is 21.0 Å². The molecular weight excluding hydrogens is 330 g/mol. The Kier molecular flexibility index (Phi) is 7.48. The van der Waals surface area contributed by atoms with Crippen LogP contribution in [-0.4, -0.2) is 42.1 Å². The number of methoxy groups -OCH3 is 1. The summed E-state index contributed by atoms with van der Waals surface area (Å²) in [5.41, 5.74) is 0.603. The lowest BCUT2D eigenvalue weighted by Crippen LogP contribution is -2.26. The van der Waals surface area contributed by atoms with E-state index in [-0.39, 0.29) is 5.56 Å². The van der Waals surface area contributed by atoms with E-state index in [1.165, 1.54) is 4.68 Å². The highest BCUT2D eigenvalue weighted by molar-refractivity contribution is 9.10. The maximum absolute atomic E-state index is 12.0. The quantitative estimate of drug-likeness (QED) is 0.778. The Hall–Kier alpha value is -0.530. The van der Waals surface area contributed by atoms with Crippen LogP contribution in [0.15, 0.2) is 15.5 Å². The van der Waals surface area contributed by atoms with Crippen molar-refractivity contribution in [1.82, 2.24) is 9.78 Å². The first kappa shape index (κ1) is 16.5. The molecule has 0 saturated carbocycles. The molecule has 0 bridgehead atoms. The second kappa shape index (κ2) is 8.60. The largest absolute Gasteiger partial charge is 0.383 e. The highest BCUT2D eigenvalue weighted by Gasteiger charge is 2.09. The maximum atomic E-state index is 12.0. The van der Waals surface area contributed by atoms with Crippen LogP contribution in [0.3, 0.4) is 0 Å². The molecule has 1 atom stereocenters. The van der Waals surface area contributed by atoms with E-state index < -0.39 is 0 Å². The summed E-state index contributed by atoms with van der Waals surface area (Å²) in [5, 5.41) is 7.38. The van der Waals surface area contributed by atoms with Crippen LogP contribution < -0.4 is 10.9 Å². The number of nitrogens with one attached hydrogen (secondary N) is 1. The molecule has 1 heterocycles. The van der Waals surface area contributed by atoms with E-state index in [2.05, 4.69) is 39.5 Å². The molecular formula is C12H20BrN3O2S. The Balaban J connectivity index is 2.71. The van der Waals surface area contributed by atoms with Crippen LogP contribution in [0.5, 0.6) is 0 Å². The van der Waals surface area contributed by atoms with Gasteiger partial charge in [-0.15, -0.1) is 0 Å². The van der Waals surface area contributed by atoms with Gasteiger partial charge in [0.2, 0.25) is 0 Å². The molecule has 0 aliphatic carbocycles. The number of anilines is 1. The van der Waals surface area contributed by atoms with Crippen molar-refractivity contribution in [3.63, 3.8) is 0 Å². The number of hydrogen-bond donors (Lipinski definition) is 1. The highest BCUT2D eigenvalue weighted by atomic mass is 79.9. The summed E-state index contributed by atoms with van der Waals surface area (Å²) >= 11 is 5.15. The van der Waals surface area contributed by atoms with E-state index in [0.29, 0.717) is 23.5 Å². The van der Waals surface area contributed by atoms with E-state index >= 15 is 0 Å². The lowest BCUT2D eigenvalue weighted by atomic mass is 10.2. The third-order valence-corrected chi connectivity index (χ3v) is 4.25. The third kappa shape index (κ3) is 5.16. The first-order valence-corrected chi connectivity index (χ1v) is 8.26. The number of halogens is 1. The summed E-state index contributed by atoms with van der Waals surface area (Å²) in [6.45, 7) is 3.92. The number of aromatic nitrogens is 2. The normalized spacial score (nSPS) is 12.4. The molecule has 1 rings (SSSR count). The predicted octanol–water partition coefficient (Wildman–Crippen LogP) is 2.06. The van der Waals surface area contributed by atoms with Gasteiger partial charge < -0.3 is 10.1 Å². The number of ether oxygens (including phenoxy) is 1. The minimum Gasteiger partial charge on any atom is -0.383 e. The molecule has 1 aromatic rings. The summed E-state index contributed by atoms with van der Waals surface area (Å²) in [6.07, 6.45) is 3.76. The van der Waals surface area contributed by atoms with Crippen LogP contribution in [0, 0.1) is 5.92 Å². The fraction of sp³-hybridized carbons (Fsp3) is 0.667. The summed E-state index contributed by atoms with van der Waals surface area (Å²) in [6, 6.07) is 0. The molecule has 0 radical (unpaired) electrons. The van der Waals surface area contributed by atoms with Gasteiger partial charge >= 0.3 is 0 Å². The van der Waals surface area contributed by atoms with Gasteiger partial charge in [-0.1, -0.05) is 6.92 Å². The molecule has 7 heteroatoms. The Morgan fingerprint density at radius 2 is 2.37 bits per heavy atom. The van der Waals surface area contributed by atoms with Crippen molar-refractivity contribution in [2.45, 2.75) is 13.5 Å². The zero-order valence-electron chi connectivity index (χ0n) is 11.5. The molecule has 0 spiro atoms. The maximum Gasteiger partial charge on any atom is 0.283 e. The van der Waals surface area contributed by atoms with Crippen molar-refractivity contribution < 1.29 is 4.74 Å². The smallest absolute Gasteiger partial charge is 0.283 e. The van der Waals surface area contributed by atoms with Crippen LogP contribution in [0.2, 0.25) is 0 Å². The Labute approximate surface area is 126 Å².